The summed E-state index contributed by atoms with van der Waals surface area (Å²) in [6.45, 7) is 3.26. The maximum absolute atomic E-state index is 4.94. The minimum Gasteiger partial charge on any atom is -0.289 e. The van der Waals surface area contributed by atoms with Gasteiger partial charge in [-0.25, -0.2) is 0 Å². The Morgan fingerprint density at radius 3 is 2.85 bits per heavy atom. The van der Waals surface area contributed by atoms with Crippen LogP contribution in [0.3, 0.4) is 0 Å². The lowest BCUT2D eigenvalue weighted by molar-refractivity contribution is 0.570. The molecule has 0 spiro atoms. The summed E-state index contributed by atoms with van der Waals surface area (Å²) in [5.41, 5.74) is 4.46. The van der Waals surface area contributed by atoms with Crippen molar-refractivity contribution >= 4 is 5.71 Å². The highest BCUT2D eigenvalue weighted by atomic mass is 14.7. The molecule has 2 aliphatic carbocycles. The van der Waals surface area contributed by atoms with Gasteiger partial charge in [-0.1, -0.05) is 62.0 Å². The normalized spacial score (nSPS) is 27.2. The molecule has 0 radical (unpaired) electrons. The lowest BCUT2D eigenvalue weighted by Crippen LogP contribution is -2.10. The fraction of sp³-hybridized carbons (Fsp3) is 0.632. The molecule has 1 fully saturated rings. The number of allylic oxidation sites excluding steroid dienone is 5. The zero-order valence-electron chi connectivity index (χ0n) is 12.8. The first-order chi connectivity index (χ1) is 9.83. The molecule has 2 bridgehead atoms. The Bertz CT molecular complexity index is 458. The topological polar surface area (TPSA) is 12.4 Å². The van der Waals surface area contributed by atoms with Gasteiger partial charge < -0.3 is 0 Å². The molecular weight excluding hydrogens is 242 g/mol. The quantitative estimate of drug-likeness (QED) is 0.620. The molecule has 1 saturated carbocycles. The van der Waals surface area contributed by atoms with Crippen molar-refractivity contribution in [2.75, 3.05) is 6.54 Å². The standard InChI is InChI=1S/C19H27N/c1-2-15-7-8-17-9-10-19(13-16-5-3-4-6-16)20-14-18(11-15)12-17/h8-11,16,18H,2-7,12-14H2,1H3. The second kappa shape index (κ2) is 6.56. The summed E-state index contributed by atoms with van der Waals surface area (Å²) in [6, 6.07) is 0. The van der Waals surface area contributed by atoms with E-state index in [-0.39, 0.29) is 0 Å². The van der Waals surface area contributed by atoms with Crippen LogP contribution in [0, 0.1) is 11.8 Å². The third kappa shape index (κ3) is 3.50. The number of hydrogen-bond donors (Lipinski definition) is 0. The highest BCUT2D eigenvalue weighted by Gasteiger charge is 2.18. The Morgan fingerprint density at radius 2 is 2.05 bits per heavy atom. The van der Waals surface area contributed by atoms with Gasteiger partial charge in [0, 0.05) is 18.2 Å². The van der Waals surface area contributed by atoms with E-state index in [9.17, 15) is 0 Å². The number of aliphatic imine (C=N–C) groups is 1. The first-order valence-corrected chi connectivity index (χ1v) is 8.43. The number of fused-ring (bicyclic) bond motifs is 2. The van der Waals surface area contributed by atoms with Gasteiger partial charge in [0.2, 0.25) is 0 Å². The molecule has 0 saturated heterocycles. The van der Waals surface area contributed by atoms with Crippen LogP contribution < -0.4 is 0 Å². The van der Waals surface area contributed by atoms with E-state index in [2.05, 4.69) is 31.2 Å². The van der Waals surface area contributed by atoms with Crippen molar-refractivity contribution in [3.63, 3.8) is 0 Å². The van der Waals surface area contributed by atoms with Crippen LogP contribution in [-0.2, 0) is 0 Å². The molecule has 3 aliphatic rings. The molecule has 0 aromatic heterocycles. The average Bonchev–Trinajstić information content (AvgIpc) is 2.85. The monoisotopic (exact) mass is 269 g/mol. The largest absolute Gasteiger partial charge is 0.289 e. The van der Waals surface area contributed by atoms with Crippen LogP contribution >= 0.6 is 0 Å². The van der Waals surface area contributed by atoms with E-state index in [0.29, 0.717) is 5.92 Å². The van der Waals surface area contributed by atoms with Crippen LogP contribution in [0.4, 0.5) is 0 Å². The van der Waals surface area contributed by atoms with Crippen molar-refractivity contribution in [3.05, 3.63) is 35.5 Å². The lowest BCUT2D eigenvalue weighted by atomic mass is 9.95. The molecule has 0 aromatic carbocycles. The molecule has 1 heterocycles. The van der Waals surface area contributed by atoms with Gasteiger partial charge in [0.1, 0.15) is 0 Å². The SMILES string of the molecule is CCC1=CC2CN=C(CC3CCCC3)C=CC(=CC1)C2. The summed E-state index contributed by atoms with van der Waals surface area (Å²) < 4.78 is 0. The summed E-state index contributed by atoms with van der Waals surface area (Å²) >= 11 is 0. The van der Waals surface area contributed by atoms with Gasteiger partial charge in [-0.2, -0.15) is 0 Å². The van der Waals surface area contributed by atoms with Crippen molar-refractivity contribution < 1.29 is 0 Å². The van der Waals surface area contributed by atoms with Gasteiger partial charge >= 0.3 is 0 Å². The van der Waals surface area contributed by atoms with Crippen molar-refractivity contribution in [2.24, 2.45) is 16.8 Å². The van der Waals surface area contributed by atoms with Gasteiger partial charge in [0.15, 0.2) is 0 Å². The summed E-state index contributed by atoms with van der Waals surface area (Å²) in [7, 11) is 0. The molecule has 108 valence electrons. The lowest BCUT2D eigenvalue weighted by Gasteiger charge is -2.16. The Morgan fingerprint density at radius 1 is 1.20 bits per heavy atom. The fourth-order valence-corrected chi connectivity index (χ4v) is 3.76. The maximum atomic E-state index is 4.94. The van der Waals surface area contributed by atoms with E-state index in [1.54, 1.807) is 5.57 Å². The molecule has 1 heteroatoms. The molecule has 1 nitrogen and oxygen atoms in total. The molecule has 3 rings (SSSR count). The molecular formula is C19H27N. The second-order valence-corrected chi connectivity index (χ2v) is 6.65. The van der Waals surface area contributed by atoms with E-state index >= 15 is 0 Å². The Balaban J connectivity index is 1.74. The zero-order chi connectivity index (χ0) is 13.8. The predicted octanol–water partition coefficient (Wildman–Crippen LogP) is 5.25. The van der Waals surface area contributed by atoms with E-state index in [0.717, 1.165) is 18.9 Å². The Hall–Kier alpha value is -1.11. The van der Waals surface area contributed by atoms with Gasteiger partial charge in [-0.15, -0.1) is 0 Å². The first-order valence-electron chi connectivity index (χ1n) is 8.43. The second-order valence-electron chi connectivity index (χ2n) is 6.65. The molecule has 20 heavy (non-hydrogen) atoms. The van der Waals surface area contributed by atoms with Gasteiger partial charge in [-0.05, 0) is 37.7 Å². The highest BCUT2D eigenvalue weighted by molar-refractivity contribution is 5.95. The third-order valence-corrected chi connectivity index (χ3v) is 5.04. The molecule has 1 aliphatic heterocycles. The summed E-state index contributed by atoms with van der Waals surface area (Å²) in [4.78, 5) is 4.94. The minimum absolute atomic E-state index is 0.627. The maximum Gasteiger partial charge on any atom is 0.0458 e. The number of hydrogen-bond acceptors (Lipinski definition) is 1. The van der Waals surface area contributed by atoms with Crippen LogP contribution in [-0.4, -0.2) is 12.3 Å². The predicted molar refractivity (Wildman–Crippen MR) is 87.2 cm³/mol. The van der Waals surface area contributed by atoms with Gasteiger partial charge in [0.25, 0.3) is 0 Å². The molecule has 1 atom stereocenters. The van der Waals surface area contributed by atoms with Gasteiger partial charge in [-0.3, -0.25) is 4.99 Å². The average molecular weight is 269 g/mol. The zero-order valence-corrected chi connectivity index (χ0v) is 12.8. The Kier molecular flexibility index (Phi) is 4.54. The smallest absolute Gasteiger partial charge is 0.0458 e. The van der Waals surface area contributed by atoms with E-state index in [1.807, 2.05) is 0 Å². The Labute approximate surface area is 123 Å². The fourth-order valence-electron chi connectivity index (χ4n) is 3.76. The molecule has 0 N–H and O–H groups in total. The van der Waals surface area contributed by atoms with Crippen molar-refractivity contribution in [1.29, 1.82) is 0 Å². The van der Waals surface area contributed by atoms with Gasteiger partial charge in [0.05, 0.1) is 0 Å². The third-order valence-electron chi connectivity index (χ3n) is 5.04. The van der Waals surface area contributed by atoms with Crippen LogP contribution in [0.1, 0.15) is 58.3 Å². The van der Waals surface area contributed by atoms with Crippen LogP contribution in [0.25, 0.3) is 0 Å². The highest BCUT2D eigenvalue weighted by Crippen LogP contribution is 2.30. The molecule has 1 unspecified atom stereocenters. The van der Waals surface area contributed by atoms with Crippen LogP contribution in [0.5, 0.6) is 0 Å². The van der Waals surface area contributed by atoms with E-state index < -0.39 is 0 Å². The van der Waals surface area contributed by atoms with Crippen LogP contribution in [0.2, 0.25) is 0 Å². The molecule has 0 aromatic rings. The number of nitrogens with zero attached hydrogens (tertiary/aromatic N) is 1. The van der Waals surface area contributed by atoms with E-state index in [1.165, 1.54) is 56.2 Å². The number of rotatable bonds is 3. The molecule has 0 amide bonds. The van der Waals surface area contributed by atoms with Crippen LogP contribution in [0.15, 0.2) is 40.4 Å². The van der Waals surface area contributed by atoms with Crippen molar-refractivity contribution in [2.45, 2.75) is 58.3 Å². The minimum atomic E-state index is 0.627. The summed E-state index contributed by atoms with van der Waals surface area (Å²) in [6.07, 6.45) is 20.0. The first kappa shape index (κ1) is 13.9. The summed E-state index contributed by atoms with van der Waals surface area (Å²) in [5.74, 6) is 1.53. The van der Waals surface area contributed by atoms with Crippen molar-refractivity contribution in [3.8, 4) is 0 Å². The summed E-state index contributed by atoms with van der Waals surface area (Å²) in [5, 5.41) is 0. The van der Waals surface area contributed by atoms with Crippen molar-refractivity contribution in [1.82, 2.24) is 0 Å². The van der Waals surface area contributed by atoms with E-state index in [4.69, 9.17) is 4.99 Å².